The molecule has 126 valence electrons. The van der Waals surface area contributed by atoms with E-state index in [0.717, 1.165) is 6.42 Å². The Labute approximate surface area is 142 Å². The molecule has 2 aromatic rings. The van der Waals surface area contributed by atoms with Gasteiger partial charge in [0, 0.05) is 19.2 Å². The minimum atomic E-state index is -0.146. The fraction of sp³-hybridized carbons (Fsp3) is 0.316. The Hall–Kier alpha value is -2.69. The van der Waals surface area contributed by atoms with Gasteiger partial charge in [-0.15, -0.1) is 0 Å². The molecule has 1 unspecified atom stereocenters. The fourth-order valence-corrected chi connectivity index (χ4v) is 2.43. The van der Waals surface area contributed by atoms with Crippen LogP contribution < -0.4 is 5.32 Å². The van der Waals surface area contributed by atoms with E-state index in [1.54, 1.807) is 28.8 Å². The number of carbonyl (C=O) groups excluding carboxylic acids is 2. The number of imidazole rings is 1. The Kier molecular flexibility index (Phi) is 6.07. The van der Waals surface area contributed by atoms with Gasteiger partial charge < -0.3 is 5.32 Å². The number of hydrogen-bond acceptors (Lipinski definition) is 3. The zero-order chi connectivity index (χ0) is 17.5. The molecule has 0 aliphatic heterocycles. The molecule has 5 nitrogen and oxygen atoms in total. The van der Waals surface area contributed by atoms with Crippen molar-refractivity contribution in [1.82, 2.24) is 14.7 Å². The molecule has 2 aromatic heterocycles. The first-order valence-electron chi connectivity index (χ1n) is 8.03. The van der Waals surface area contributed by atoms with Gasteiger partial charge in [0.2, 0.25) is 0 Å². The lowest BCUT2D eigenvalue weighted by Crippen LogP contribution is -2.29. The second kappa shape index (κ2) is 8.24. The number of Topliss-reactive ketones (excluding diaryl/α,β-unsaturated/α-hetero) is 1. The smallest absolute Gasteiger partial charge is 0.268 e. The highest BCUT2D eigenvalue weighted by Crippen LogP contribution is 2.11. The first kappa shape index (κ1) is 17.7. The Bertz CT molecular complexity index is 774. The van der Waals surface area contributed by atoms with Crippen molar-refractivity contribution in [3.8, 4) is 0 Å². The number of carbonyl (C=O) groups is 2. The van der Waals surface area contributed by atoms with Crippen molar-refractivity contribution in [2.45, 2.75) is 26.7 Å². The molecule has 1 amide bonds. The molecule has 24 heavy (non-hydrogen) atoms. The Balaban J connectivity index is 2.08. The second-order valence-corrected chi connectivity index (χ2v) is 5.97. The number of allylic oxidation sites excluding steroid dienone is 3. The van der Waals surface area contributed by atoms with E-state index in [0.29, 0.717) is 29.5 Å². The molecule has 0 radical (unpaired) electrons. The third-order valence-electron chi connectivity index (χ3n) is 3.63. The van der Waals surface area contributed by atoms with Gasteiger partial charge in [0.1, 0.15) is 17.1 Å². The molecule has 5 heteroatoms. The SMILES string of the molecule is C=C/C=C\CC(C)CNC(=O)c1cccc2nc(CC(C)=O)cn12. The predicted octanol–water partition coefficient (Wildman–Crippen LogP) is 2.96. The number of pyridine rings is 1. The van der Waals surface area contributed by atoms with Crippen molar-refractivity contribution in [2.75, 3.05) is 6.54 Å². The van der Waals surface area contributed by atoms with Crippen LogP contribution in [0.15, 0.2) is 49.2 Å². The van der Waals surface area contributed by atoms with Crippen molar-refractivity contribution < 1.29 is 9.59 Å². The largest absolute Gasteiger partial charge is 0.350 e. The van der Waals surface area contributed by atoms with E-state index in [4.69, 9.17) is 0 Å². The lowest BCUT2D eigenvalue weighted by atomic mass is 10.1. The number of ketones is 1. The van der Waals surface area contributed by atoms with Crippen LogP contribution in [0.3, 0.4) is 0 Å². The molecule has 1 N–H and O–H groups in total. The van der Waals surface area contributed by atoms with Crippen LogP contribution in [0.4, 0.5) is 0 Å². The van der Waals surface area contributed by atoms with E-state index in [-0.39, 0.29) is 18.1 Å². The number of aromatic nitrogens is 2. The van der Waals surface area contributed by atoms with Crippen LogP contribution in [0.25, 0.3) is 5.65 Å². The van der Waals surface area contributed by atoms with Crippen LogP contribution in [0.1, 0.15) is 36.5 Å². The van der Waals surface area contributed by atoms with Gasteiger partial charge in [-0.2, -0.15) is 0 Å². The van der Waals surface area contributed by atoms with E-state index in [1.807, 2.05) is 18.2 Å². The van der Waals surface area contributed by atoms with Crippen LogP contribution in [0.5, 0.6) is 0 Å². The van der Waals surface area contributed by atoms with Crippen molar-refractivity contribution >= 4 is 17.3 Å². The standard InChI is InChI=1S/C19H23N3O2/c1-4-5-6-8-14(2)12-20-19(24)17-9-7-10-18-21-16(11-15(3)23)13-22(17)18/h4-7,9-10,13-14H,1,8,11-12H2,2-3H3,(H,20,24)/b6-5-. The third kappa shape index (κ3) is 4.65. The summed E-state index contributed by atoms with van der Waals surface area (Å²) in [5.74, 6) is 0.234. The van der Waals surface area contributed by atoms with Crippen LogP contribution in [-0.2, 0) is 11.2 Å². The molecule has 0 aliphatic carbocycles. The molecule has 1 atom stereocenters. The van der Waals surface area contributed by atoms with Crippen molar-refractivity contribution in [3.05, 3.63) is 60.6 Å². The summed E-state index contributed by atoms with van der Waals surface area (Å²) < 4.78 is 1.73. The molecule has 0 aliphatic rings. The van der Waals surface area contributed by atoms with Gasteiger partial charge >= 0.3 is 0 Å². The maximum atomic E-state index is 12.5. The van der Waals surface area contributed by atoms with Gasteiger partial charge in [-0.05, 0) is 31.4 Å². The molecular formula is C19H23N3O2. The second-order valence-electron chi connectivity index (χ2n) is 5.97. The molecule has 0 fully saturated rings. The van der Waals surface area contributed by atoms with Crippen LogP contribution >= 0.6 is 0 Å². The Morgan fingerprint density at radius 1 is 1.42 bits per heavy atom. The first-order chi connectivity index (χ1) is 11.5. The van der Waals surface area contributed by atoms with Crippen LogP contribution in [0, 0.1) is 5.92 Å². The van der Waals surface area contributed by atoms with E-state index in [1.165, 1.54) is 6.92 Å². The predicted molar refractivity (Wildman–Crippen MR) is 95.0 cm³/mol. The van der Waals surface area contributed by atoms with Gasteiger partial charge in [0.25, 0.3) is 5.91 Å². The lowest BCUT2D eigenvalue weighted by molar-refractivity contribution is -0.116. The van der Waals surface area contributed by atoms with Crippen LogP contribution in [0.2, 0.25) is 0 Å². The van der Waals surface area contributed by atoms with E-state index >= 15 is 0 Å². The summed E-state index contributed by atoms with van der Waals surface area (Å²) in [7, 11) is 0. The molecule has 0 bridgehead atoms. The number of nitrogens with zero attached hydrogens (tertiary/aromatic N) is 2. The first-order valence-corrected chi connectivity index (χ1v) is 8.03. The molecule has 2 heterocycles. The quantitative estimate of drug-likeness (QED) is 0.759. The molecule has 2 rings (SSSR count). The number of amides is 1. The molecule has 0 spiro atoms. The fourth-order valence-electron chi connectivity index (χ4n) is 2.43. The zero-order valence-electron chi connectivity index (χ0n) is 14.2. The highest BCUT2D eigenvalue weighted by molar-refractivity contribution is 5.93. The molecular weight excluding hydrogens is 302 g/mol. The van der Waals surface area contributed by atoms with Gasteiger partial charge in [-0.1, -0.05) is 37.8 Å². The third-order valence-corrected chi connectivity index (χ3v) is 3.63. The topological polar surface area (TPSA) is 63.5 Å². The number of hydrogen-bond donors (Lipinski definition) is 1. The molecule has 0 saturated carbocycles. The highest BCUT2D eigenvalue weighted by atomic mass is 16.2. The summed E-state index contributed by atoms with van der Waals surface area (Å²) in [6.45, 7) is 7.83. The minimum absolute atomic E-state index is 0.0470. The number of nitrogens with one attached hydrogen (secondary N) is 1. The minimum Gasteiger partial charge on any atom is -0.350 e. The van der Waals surface area contributed by atoms with Gasteiger partial charge in [0.05, 0.1) is 5.69 Å². The maximum absolute atomic E-state index is 12.5. The van der Waals surface area contributed by atoms with Gasteiger partial charge in [-0.25, -0.2) is 4.98 Å². The average molecular weight is 325 g/mol. The molecule has 0 saturated heterocycles. The van der Waals surface area contributed by atoms with Crippen molar-refractivity contribution in [1.29, 1.82) is 0 Å². The van der Waals surface area contributed by atoms with Crippen molar-refractivity contribution in [2.24, 2.45) is 5.92 Å². The summed E-state index contributed by atoms with van der Waals surface area (Å²) in [6.07, 6.45) is 8.58. The summed E-state index contributed by atoms with van der Waals surface area (Å²) in [4.78, 5) is 28.1. The van der Waals surface area contributed by atoms with Crippen molar-refractivity contribution in [3.63, 3.8) is 0 Å². The number of fused-ring (bicyclic) bond motifs is 1. The summed E-state index contributed by atoms with van der Waals surface area (Å²) in [5, 5.41) is 2.95. The zero-order valence-corrected chi connectivity index (χ0v) is 14.2. The maximum Gasteiger partial charge on any atom is 0.268 e. The Morgan fingerprint density at radius 2 is 2.21 bits per heavy atom. The van der Waals surface area contributed by atoms with Gasteiger partial charge in [0.15, 0.2) is 0 Å². The monoisotopic (exact) mass is 325 g/mol. The van der Waals surface area contributed by atoms with Gasteiger partial charge in [-0.3, -0.25) is 14.0 Å². The normalized spacial score (nSPS) is 12.4. The highest BCUT2D eigenvalue weighted by Gasteiger charge is 2.13. The number of rotatable bonds is 8. The van der Waals surface area contributed by atoms with E-state index < -0.39 is 0 Å². The van der Waals surface area contributed by atoms with Crippen LogP contribution in [-0.4, -0.2) is 27.6 Å². The molecule has 0 aromatic carbocycles. The summed E-state index contributed by atoms with van der Waals surface area (Å²) in [5.41, 5.74) is 1.86. The van der Waals surface area contributed by atoms with E-state index in [2.05, 4.69) is 23.8 Å². The summed E-state index contributed by atoms with van der Waals surface area (Å²) >= 11 is 0. The summed E-state index contributed by atoms with van der Waals surface area (Å²) in [6, 6.07) is 5.37. The average Bonchev–Trinajstić information content (AvgIpc) is 2.94. The Morgan fingerprint density at radius 3 is 2.92 bits per heavy atom. The lowest BCUT2D eigenvalue weighted by Gasteiger charge is -2.11. The van der Waals surface area contributed by atoms with E-state index in [9.17, 15) is 9.59 Å².